The number of hydrazine groups is 1. The molecule has 0 aliphatic carbocycles. The molecule has 0 aliphatic heterocycles. The fraction of sp³-hybridized carbons (Fsp3) is 0.125. The summed E-state index contributed by atoms with van der Waals surface area (Å²) >= 11 is 18.0. The lowest BCUT2D eigenvalue weighted by molar-refractivity contribution is -0.123. The van der Waals surface area contributed by atoms with E-state index < -0.39 is 0 Å². The number of amides is 1. The van der Waals surface area contributed by atoms with Crippen LogP contribution in [0, 0.1) is 0 Å². The van der Waals surface area contributed by atoms with Crippen LogP contribution in [0.1, 0.15) is 5.56 Å². The summed E-state index contributed by atoms with van der Waals surface area (Å²) in [6.07, 6.45) is 0.439. The summed E-state index contributed by atoms with van der Waals surface area (Å²) in [5.74, 6) is 0.235. The van der Waals surface area contributed by atoms with E-state index in [0.717, 1.165) is 14.5 Å². The molecule has 0 aliphatic rings. The van der Waals surface area contributed by atoms with E-state index in [2.05, 4.69) is 42.7 Å². The molecule has 24 heavy (non-hydrogen) atoms. The van der Waals surface area contributed by atoms with Gasteiger partial charge in [0.2, 0.25) is 0 Å². The van der Waals surface area contributed by atoms with Crippen molar-refractivity contribution >= 4 is 66.6 Å². The van der Waals surface area contributed by atoms with Gasteiger partial charge >= 0.3 is 0 Å². The highest BCUT2D eigenvalue weighted by atomic mass is 79.9. The predicted octanol–water partition coefficient (Wildman–Crippen LogP) is 4.43. The predicted molar refractivity (Wildman–Crippen MR) is 106 cm³/mol. The van der Waals surface area contributed by atoms with Gasteiger partial charge in [-0.25, -0.2) is 0 Å². The van der Waals surface area contributed by atoms with Gasteiger partial charge in [0.1, 0.15) is 5.75 Å². The summed E-state index contributed by atoms with van der Waals surface area (Å²) in [7, 11) is 0. The molecule has 2 N–H and O–H groups in total. The molecule has 0 bridgehead atoms. The molecule has 2 aromatic rings. The van der Waals surface area contributed by atoms with Crippen molar-refractivity contribution in [2.24, 2.45) is 0 Å². The smallest absolute Gasteiger partial charge is 0.276 e. The largest absolute Gasteiger partial charge is 0.483 e. The Kier molecular flexibility index (Phi) is 7.48. The van der Waals surface area contributed by atoms with E-state index in [-0.39, 0.29) is 12.5 Å². The van der Waals surface area contributed by atoms with Crippen molar-refractivity contribution in [2.45, 2.75) is 6.42 Å². The molecular weight excluding hydrogens is 480 g/mol. The maximum Gasteiger partial charge on any atom is 0.276 e. The Labute approximate surface area is 167 Å². The second kappa shape index (κ2) is 9.36. The molecule has 0 radical (unpaired) electrons. The quantitative estimate of drug-likeness (QED) is 0.479. The van der Waals surface area contributed by atoms with Crippen LogP contribution in [0.25, 0.3) is 0 Å². The Hall–Kier alpha value is -1.15. The molecule has 4 nitrogen and oxygen atoms in total. The number of thiocarbonyl (C=S) groups is 1. The van der Waals surface area contributed by atoms with E-state index in [0.29, 0.717) is 22.2 Å². The van der Waals surface area contributed by atoms with E-state index in [9.17, 15) is 4.79 Å². The third kappa shape index (κ3) is 6.05. The average Bonchev–Trinajstić information content (AvgIpc) is 2.54. The third-order valence-electron chi connectivity index (χ3n) is 2.90. The SMILES string of the molecule is O=C(COc1ccc(Br)cc1Br)NNC(=S)Cc1ccccc1Cl. The van der Waals surface area contributed by atoms with Crippen LogP contribution in [-0.4, -0.2) is 17.5 Å². The first-order chi connectivity index (χ1) is 11.5. The third-order valence-corrected chi connectivity index (χ3v) is 4.63. The van der Waals surface area contributed by atoms with Gasteiger partial charge in [-0.15, -0.1) is 0 Å². The van der Waals surface area contributed by atoms with Gasteiger partial charge < -0.3 is 4.74 Å². The number of rotatable bonds is 5. The molecule has 1 amide bonds. The zero-order valence-corrected chi connectivity index (χ0v) is 17.1. The van der Waals surface area contributed by atoms with Gasteiger partial charge in [-0.3, -0.25) is 15.6 Å². The van der Waals surface area contributed by atoms with Crippen molar-refractivity contribution in [3.8, 4) is 5.75 Å². The Bertz CT molecular complexity index is 759. The van der Waals surface area contributed by atoms with E-state index in [1.54, 1.807) is 12.1 Å². The summed E-state index contributed by atoms with van der Waals surface area (Å²) in [5, 5.41) is 0.636. The molecule has 2 aromatic carbocycles. The number of carbonyl (C=O) groups is 1. The number of benzene rings is 2. The summed E-state index contributed by atoms with van der Waals surface area (Å²) in [4.78, 5) is 12.3. The van der Waals surface area contributed by atoms with E-state index in [1.807, 2.05) is 30.3 Å². The molecule has 0 saturated carbocycles. The van der Waals surface area contributed by atoms with Crippen LogP contribution in [0.15, 0.2) is 51.4 Å². The van der Waals surface area contributed by atoms with Crippen LogP contribution >= 0.6 is 55.7 Å². The monoisotopic (exact) mass is 490 g/mol. The van der Waals surface area contributed by atoms with Crippen molar-refractivity contribution in [3.05, 3.63) is 62.0 Å². The lowest BCUT2D eigenvalue weighted by Crippen LogP contribution is -2.43. The normalized spacial score (nSPS) is 10.1. The zero-order valence-electron chi connectivity index (χ0n) is 12.3. The van der Waals surface area contributed by atoms with Crippen LogP contribution in [0.3, 0.4) is 0 Å². The lowest BCUT2D eigenvalue weighted by atomic mass is 10.1. The van der Waals surface area contributed by atoms with E-state index >= 15 is 0 Å². The lowest BCUT2D eigenvalue weighted by Gasteiger charge is -2.12. The second-order valence-electron chi connectivity index (χ2n) is 4.73. The maximum absolute atomic E-state index is 11.8. The number of carbonyl (C=O) groups excluding carboxylic acids is 1. The molecule has 0 spiro atoms. The molecule has 0 heterocycles. The maximum atomic E-state index is 11.8. The fourth-order valence-electron chi connectivity index (χ4n) is 1.77. The first-order valence-electron chi connectivity index (χ1n) is 6.84. The van der Waals surface area contributed by atoms with Crippen molar-refractivity contribution in [1.29, 1.82) is 0 Å². The summed E-state index contributed by atoms with van der Waals surface area (Å²) in [6.45, 7) is -0.137. The second-order valence-corrected chi connectivity index (χ2v) is 7.40. The number of halogens is 3. The molecule has 126 valence electrons. The van der Waals surface area contributed by atoms with Gasteiger partial charge in [-0.2, -0.15) is 0 Å². The minimum atomic E-state index is -0.341. The van der Waals surface area contributed by atoms with E-state index in [4.69, 9.17) is 28.6 Å². The van der Waals surface area contributed by atoms with Crippen molar-refractivity contribution in [3.63, 3.8) is 0 Å². The van der Waals surface area contributed by atoms with Crippen molar-refractivity contribution in [2.75, 3.05) is 6.61 Å². The first kappa shape index (κ1) is 19.2. The highest BCUT2D eigenvalue weighted by molar-refractivity contribution is 9.11. The summed E-state index contributed by atoms with van der Waals surface area (Å²) in [6, 6.07) is 12.8. The Morgan fingerprint density at radius 1 is 1.17 bits per heavy atom. The van der Waals surface area contributed by atoms with Gasteiger partial charge in [-0.1, -0.05) is 57.9 Å². The fourth-order valence-corrected chi connectivity index (χ4v) is 3.34. The minimum Gasteiger partial charge on any atom is -0.483 e. The molecule has 0 fully saturated rings. The Balaban J connectivity index is 1.76. The van der Waals surface area contributed by atoms with E-state index in [1.165, 1.54) is 0 Å². The van der Waals surface area contributed by atoms with Gasteiger partial charge in [0, 0.05) is 15.9 Å². The molecular formula is C16H13Br2ClN2O2S. The van der Waals surface area contributed by atoms with Crippen LogP contribution in [0.4, 0.5) is 0 Å². The summed E-state index contributed by atoms with van der Waals surface area (Å²) < 4.78 is 7.11. The van der Waals surface area contributed by atoms with Gasteiger partial charge in [0.05, 0.1) is 9.46 Å². The average molecular weight is 493 g/mol. The number of hydrogen-bond donors (Lipinski definition) is 2. The molecule has 0 unspecified atom stereocenters. The molecule has 0 saturated heterocycles. The Morgan fingerprint density at radius 3 is 2.62 bits per heavy atom. The standard InChI is InChI=1S/C16H13Br2ClN2O2S/c17-11-5-6-14(12(18)8-11)23-9-15(22)20-21-16(24)7-10-3-1-2-4-13(10)19/h1-6,8H,7,9H2,(H,20,22)(H,21,24). The van der Waals surface area contributed by atoms with Gasteiger partial charge in [0.15, 0.2) is 6.61 Å². The number of nitrogens with one attached hydrogen (secondary N) is 2. The Morgan fingerprint density at radius 2 is 1.92 bits per heavy atom. The van der Waals surface area contributed by atoms with Crippen LogP contribution in [-0.2, 0) is 11.2 Å². The van der Waals surface area contributed by atoms with Gasteiger partial charge in [0.25, 0.3) is 5.91 Å². The topological polar surface area (TPSA) is 50.4 Å². The van der Waals surface area contributed by atoms with Crippen molar-refractivity contribution < 1.29 is 9.53 Å². The van der Waals surface area contributed by atoms with Crippen LogP contribution in [0.5, 0.6) is 5.75 Å². The zero-order chi connectivity index (χ0) is 17.5. The molecule has 0 atom stereocenters. The van der Waals surface area contributed by atoms with Crippen LogP contribution in [0.2, 0.25) is 5.02 Å². The highest BCUT2D eigenvalue weighted by Crippen LogP contribution is 2.28. The molecule has 8 heteroatoms. The van der Waals surface area contributed by atoms with Gasteiger partial charge in [-0.05, 0) is 45.8 Å². The molecule has 0 aromatic heterocycles. The first-order valence-corrected chi connectivity index (χ1v) is 9.22. The van der Waals surface area contributed by atoms with Crippen LogP contribution < -0.4 is 15.6 Å². The minimum absolute atomic E-state index is 0.137. The number of ether oxygens (including phenoxy) is 1. The van der Waals surface area contributed by atoms with Crippen molar-refractivity contribution in [1.82, 2.24) is 10.9 Å². The highest BCUT2D eigenvalue weighted by Gasteiger charge is 2.08. The summed E-state index contributed by atoms with van der Waals surface area (Å²) in [5.41, 5.74) is 6.08. The number of hydrogen-bond acceptors (Lipinski definition) is 3. The molecule has 2 rings (SSSR count).